The first-order valence-corrected chi connectivity index (χ1v) is 6.43. The topological polar surface area (TPSA) is 67.3 Å². The molecular formula is C12H20ClN3O2. The highest BCUT2D eigenvalue weighted by molar-refractivity contribution is 6.29. The number of nitrogens with zero attached hydrogens (tertiary/aromatic N) is 2. The second-order valence-corrected chi connectivity index (χ2v) is 4.61. The molecule has 0 fully saturated rings. The van der Waals surface area contributed by atoms with Crippen LogP contribution in [0.5, 0.6) is 0 Å². The van der Waals surface area contributed by atoms with Gasteiger partial charge in [-0.2, -0.15) is 0 Å². The molecule has 102 valence electrons. The molecule has 0 aliphatic heterocycles. The highest BCUT2D eigenvalue weighted by Crippen LogP contribution is 2.15. The van der Waals surface area contributed by atoms with Gasteiger partial charge in [0.25, 0.3) is 0 Å². The monoisotopic (exact) mass is 273 g/mol. The molecule has 0 aromatic carbocycles. The van der Waals surface area contributed by atoms with Crippen LogP contribution in [0.3, 0.4) is 0 Å². The van der Waals surface area contributed by atoms with Crippen LogP contribution in [-0.2, 0) is 11.3 Å². The van der Waals surface area contributed by atoms with E-state index in [-0.39, 0.29) is 18.6 Å². The van der Waals surface area contributed by atoms with Gasteiger partial charge in [-0.05, 0) is 19.8 Å². The van der Waals surface area contributed by atoms with E-state index < -0.39 is 0 Å². The Hall–Kier alpha value is -0.910. The maximum absolute atomic E-state index is 9.09. The van der Waals surface area contributed by atoms with E-state index >= 15 is 0 Å². The van der Waals surface area contributed by atoms with Crippen LogP contribution in [0, 0.1) is 5.92 Å². The van der Waals surface area contributed by atoms with Crippen molar-refractivity contribution in [3.05, 3.63) is 17.0 Å². The maximum atomic E-state index is 9.09. The zero-order valence-corrected chi connectivity index (χ0v) is 11.7. The third-order valence-corrected chi connectivity index (χ3v) is 2.89. The van der Waals surface area contributed by atoms with Crippen LogP contribution in [-0.4, -0.2) is 34.3 Å². The molecule has 18 heavy (non-hydrogen) atoms. The lowest BCUT2D eigenvalue weighted by atomic mass is 10.1. The smallest absolute Gasteiger partial charge is 0.158 e. The van der Waals surface area contributed by atoms with Crippen molar-refractivity contribution in [2.75, 3.05) is 18.5 Å². The lowest BCUT2D eigenvalue weighted by molar-refractivity contribution is 0.128. The average molecular weight is 274 g/mol. The number of anilines is 1. The second-order valence-electron chi connectivity index (χ2n) is 4.22. The molecule has 1 heterocycles. The Kier molecular flexibility index (Phi) is 6.32. The predicted octanol–water partition coefficient (Wildman–Crippen LogP) is 2.10. The zero-order chi connectivity index (χ0) is 13.5. The summed E-state index contributed by atoms with van der Waals surface area (Å²) in [6, 6.07) is 1.76. The summed E-state index contributed by atoms with van der Waals surface area (Å²) >= 11 is 5.93. The Balaban J connectivity index is 2.73. The third-order valence-electron chi connectivity index (χ3n) is 2.69. The number of ether oxygens (including phenoxy) is 1. The van der Waals surface area contributed by atoms with Gasteiger partial charge < -0.3 is 15.2 Å². The van der Waals surface area contributed by atoms with Gasteiger partial charge in [-0.3, -0.25) is 0 Å². The maximum Gasteiger partial charge on any atom is 0.158 e. The van der Waals surface area contributed by atoms with E-state index in [1.165, 1.54) is 0 Å². The molecule has 1 aromatic heterocycles. The molecule has 1 rings (SSSR count). The molecule has 0 aliphatic rings. The molecule has 5 nitrogen and oxygen atoms in total. The number of hydrogen-bond acceptors (Lipinski definition) is 5. The van der Waals surface area contributed by atoms with Crippen LogP contribution in [0.2, 0.25) is 5.15 Å². The molecule has 2 unspecified atom stereocenters. The fourth-order valence-electron chi connectivity index (χ4n) is 1.33. The molecule has 0 radical (unpaired) electrons. The average Bonchev–Trinajstić information content (AvgIpc) is 2.34. The van der Waals surface area contributed by atoms with Gasteiger partial charge in [-0.15, -0.1) is 0 Å². The first-order chi connectivity index (χ1) is 8.56. The van der Waals surface area contributed by atoms with E-state index in [1.54, 1.807) is 6.07 Å². The molecule has 2 atom stereocenters. The van der Waals surface area contributed by atoms with Gasteiger partial charge in [0.05, 0.1) is 0 Å². The first-order valence-electron chi connectivity index (χ1n) is 6.05. The van der Waals surface area contributed by atoms with Crippen molar-refractivity contribution in [2.45, 2.75) is 33.4 Å². The van der Waals surface area contributed by atoms with Crippen LogP contribution in [0.15, 0.2) is 6.07 Å². The van der Waals surface area contributed by atoms with E-state index in [0.29, 0.717) is 30.0 Å². The predicted molar refractivity (Wildman–Crippen MR) is 71.7 cm³/mol. The normalized spacial score (nSPS) is 14.3. The van der Waals surface area contributed by atoms with E-state index in [2.05, 4.69) is 15.3 Å². The summed E-state index contributed by atoms with van der Waals surface area (Å²) in [7, 11) is 0. The summed E-state index contributed by atoms with van der Waals surface area (Å²) in [6.45, 7) is 6.93. The van der Waals surface area contributed by atoms with Gasteiger partial charge in [0.1, 0.15) is 17.6 Å². The highest BCUT2D eigenvalue weighted by Gasteiger charge is 2.12. The third kappa shape index (κ3) is 4.76. The lowest BCUT2D eigenvalue weighted by Gasteiger charge is -2.20. The minimum absolute atomic E-state index is 0.0981. The Morgan fingerprint density at radius 3 is 2.78 bits per heavy atom. The summed E-state index contributed by atoms with van der Waals surface area (Å²) in [6.07, 6.45) is 0. The first kappa shape index (κ1) is 15.1. The molecule has 0 bridgehead atoms. The van der Waals surface area contributed by atoms with Gasteiger partial charge in [0.2, 0.25) is 0 Å². The molecule has 2 N–H and O–H groups in total. The van der Waals surface area contributed by atoms with Crippen LogP contribution in [0.1, 0.15) is 26.6 Å². The van der Waals surface area contributed by atoms with Gasteiger partial charge >= 0.3 is 0 Å². The number of hydrogen-bond donors (Lipinski definition) is 2. The number of nitrogens with one attached hydrogen (secondary N) is 1. The number of rotatable bonds is 7. The second kappa shape index (κ2) is 7.51. The summed E-state index contributed by atoms with van der Waals surface area (Å²) in [4.78, 5) is 8.40. The van der Waals surface area contributed by atoms with E-state index in [1.807, 2.05) is 20.8 Å². The van der Waals surface area contributed by atoms with Crippen LogP contribution >= 0.6 is 11.6 Å². The number of aliphatic hydroxyl groups is 1. The molecule has 0 saturated heterocycles. The Morgan fingerprint density at radius 1 is 1.44 bits per heavy atom. The van der Waals surface area contributed by atoms with Crippen LogP contribution in [0.4, 0.5) is 5.82 Å². The fourth-order valence-corrected chi connectivity index (χ4v) is 1.53. The van der Waals surface area contributed by atoms with Crippen molar-refractivity contribution in [3.63, 3.8) is 0 Å². The van der Waals surface area contributed by atoms with Crippen molar-refractivity contribution in [1.82, 2.24) is 9.97 Å². The fraction of sp³-hybridized carbons (Fsp3) is 0.667. The molecule has 0 saturated carbocycles. The van der Waals surface area contributed by atoms with Gasteiger partial charge in [-0.1, -0.05) is 18.5 Å². The molecule has 6 heteroatoms. The van der Waals surface area contributed by atoms with E-state index in [0.717, 1.165) is 0 Å². The molecule has 0 spiro atoms. The summed E-state index contributed by atoms with van der Waals surface area (Å²) in [5.74, 6) is 1.34. The summed E-state index contributed by atoms with van der Waals surface area (Å²) < 4.78 is 5.25. The zero-order valence-electron chi connectivity index (χ0n) is 11.0. The standard InChI is InChI=1S/C12H20ClN3O2/c1-4-18-7-12-15-10(13)5-11(16-12)14-9(3)8(2)6-17/h5,8-9,17H,4,6-7H2,1-3H3,(H,14,15,16). The van der Waals surface area contributed by atoms with Crippen molar-refractivity contribution >= 4 is 17.4 Å². The lowest BCUT2D eigenvalue weighted by Crippen LogP contribution is -2.26. The Bertz CT molecular complexity index is 376. The quantitative estimate of drug-likeness (QED) is 0.745. The van der Waals surface area contributed by atoms with Gasteiger partial charge in [0, 0.05) is 25.3 Å². The Labute approximate surface area is 113 Å². The minimum Gasteiger partial charge on any atom is -0.396 e. The van der Waals surface area contributed by atoms with Crippen LogP contribution < -0.4 is 5.32 Å². The van der Waals surface area contributed by atoms with E-state index in [9.17, 15) is 0 Å². The molecule has 0 aliphatic carbocycles. The van der Waals surface area contributed by atoms with E-state index in [4.69, 9.17) is 21.4 Å². The molecule has 0 amide bonds. The number of halogens is 1. The minimum atomic E-state index is 0.0981. The van der Waals surface area contributed by atoms with Crippen molar-refractivity contribution in [3.8, 4) is 0 Å². The van der Waals surface area contributed by atoms with Crippen molar-refractivity contribution in [2.24, 2.45) is 5.92 Å². The Morgan fingerprint density at radius 2 is 2.17 bits per heavy atom. The largest absolute Gasteiger partial charge is 0.396 e. The molecule has 1 aromatic rings. The van der Waals surface area contributed by atoms with Gasteiger partial charge in [-0.25, -0.2) is 9.97 Å². The number of aromatic nitrogens is 2. The van der Waals surface area contributed by atoms with Crippen LogP contribution in [0.25, 0.3) is 0 Å². The summed E-state index contributed by atoms with van der Waals surface area (Å²) in [5.41, 5.74) is 0. The summed E-state index contributed by atoms with van der Waals surface area (Å²) in [5, 5.41) is 12.7. The van der Waals surface area contributed by atoms with Crippen molar-refractivity contribution < 1.29 is 9.84 Å². The van der Waals surface area contributed by atoms with Gasteiger partial charge in [0.15, 0.2) is 5.82 Å². The van der Waals surface area contributed by atoms with Crippen molar-refractivity contribution in [1.29, 1.82) is 0 Å². The molecular weight excluding hydrogens is 254 g/mol. The highest BCUT2D eigenvalue weighted by atomic mass is 35.5. The SMILES string of the molecule is CCOCc1nc(Cl)cc(NC(C)C(C)CO)n1. The number of aliphatic hydroxyl groups excluding tert-OH is 1.